The number of nitrogens with zero attached hydrogens (tertiary/aromatic N) is 2. The summed E-state index contributed by atoms with van der Waals surface area (Å²) < 4.78 is 29.0. The molecule has 0 heterocycles. The summed E-state index contributed by atoms with van der Waals surface area (Å²) in [5.74, 6) is -0.850. The van der Waals surface area contributed by atoms with Gasteiger partial charge >= 0.3 is 0 Å². The third kappa shape index (κ3) is 7.61. The van der Waals surface area contributed by atoms with Gasteiger partial charge in [-0.05, 0) is 83.0 Å². The maximum atomic E-state index is 14.0. The lowest BCUT2D eigenvalue weighted by Crippen LogP contribution is -2.52. The first-order valence-corrected chi connectivity index (χ1v) is 14.6. The molecule has 7 nitrogen and oxygen atoms in total. The summed E-state index contributed by atoms with van der Waals surface area (Å²) in [7, 11) is -4.12. The van der Waals surface area contributed by atoms with Gasteiger partial charge in [0.05, 0.1) is 10.6 Å². The van der Waals surface area contributed by atoms with E-state index in [1.807, 2.05) is 52.8 Å². The number of halogens is 1. The Bertz CT molecular complexity index is 1440. The summed E-state index contributed by atoms with van der Waals surface area (Å²) in [4.78, 5) is 28.4. The minimum Gasteiger partial charge on any atom is -0.352 e. The molecular weight excluding hydrogens is 534 g/mol. The molecule has 0 aliphatic carbocycles. The number of carbonyl (C=O) groups excluding carboxylic acids is 2. The van der Waals surface area contributed by atoms with Gasteiger partial charge in [0.25, 0.3) is 10.0 Å². The SMILES string of the molecule is Cc1ccc(S(=O)(=O)N(CC(=O)N(Cc2cccc(Cl)c2)[C@@H](C)C(=O)NC(C)C)c2ccc(C)cc2C)cc1. The van der Waals surface area contributed by atoms with Crippen LogP contribution in [0.3, 0.4) is 0 Å². The molecule has 9 heteroatoms. The highest BCUT2D eigenvalue weighted by Gasteiger charge is 2.33. The molecule has 1 atom stereocenters. The summed E-state index contributed by atoms with van der Waals surface area (Å²) in [6.45, 7) is 10.5. The predicted octanol–water partition coefficient (Wildman–Crippen LogP) is 5.40. The van der Waals surface area contributed by atoms with E-state index in [1.54, 1.807) is 43.3 Å². The van der Waals surface area contributed by atoms with E-state index < -0.39 is 28.5 Å². The number of hydrogen-bond acceptors (Lipinski definition) is 4. The van der Waals surface area contributed by atoms with Gasteiger partial charge in [-0.15, -0.1) is 0 Å². The maximum Gasteiger partial charge on any atom is 0.264 e. The van der Waals surface area contributed by atoms with E-state index in [-0.39, 0.29) is 23.4 Å². The van der Waals surface area contributed by atoms with Crippen LogP contribution in [-0.4, -0.2) is 43.8 Å². The van der Waals surface area contributed by atoms with Gasteiger partial charge < -0.3 is 10.2 Å². The third-order valence-electron chi connectivity index (χ3n) is 6.35. The lowest BCUT2D eigenvalue weighted by molar-refractivity contribution is -0.139. The molecule has 3 aromatic rings. The highest BCUT2D eigenvalue weighted by Crippen LogP contribution is 2.28. The average molecular weight is 570 g/mol. The van der Waals surface area contributed by atoms with Gasteiger partial charge in [-0.25, -0.2) is 8.42 Å². The zero-order chi connectivity index (χ0) is 28.9. The number of aryl methyl sites for hydroxylation is 3. The van der Waals surface area contributed by atoms with Gasteiger partial charge in [-0.3, -0.25) is 13.9 Å². The molecule has 3 rings (SSSR count). The quantitative estimate of drug-likeness (QED) is 0.354. The molecule has 0 aliphatic heterocycles. The number of anilines is 1. The molecule has 2 amide bonds. The zero-order valence-corrected chi connectivity index (χ0v) is 24.8. The van der Waals surface area contributed by atoms with Gasteiger partial charge in [0.15, 0.2) is 0 Å². The highest BCUT2D eigenvalue weighted by atomic mass is 35.5. The van der Waals surface area contributed by atoms with Crippen molar-refractivity contribution < 1.29 is 18.0 Å². The number of rotatable bonds is 10. The Morgan fingerprint density at radius 1 is 0.897 bits per heavy atom. The maximum absolute atomic E-state index is 14.0. The molecule has 0 aromatic heterocycles. The van der Waals surface area contributed by atoms with Crippen molar-refractivity contribution in [1.82, 2.24) is 10.2 Å². The number of carbonyl (C=O) groups is 2. The van der Waals surface area contributed by atoms with Crippen molar-refractivity contribution in [3.8, 4) is 0 Å². The van der Waals surface area contributed by atoms with E-state index in [9.17, 15) is 18.0 Å². The van der Waals surface area contributed by atoms with Crippen molar-refractivity contribution in [2.75, 3.05) is 10.8 Å². The Kier molecular flexibility index (Phi) is 9.80. The topological polar surface area (TPSA) is 86.8 Å². The fraction of sp³-hybridized carbons (Fsp3) is 0.333. The van der Waals surface area contributed by atoms with E-state index in [4.69, 9.17) is 11.6 Å². The first kappa shape index (κ1) is 30.2. The Balaban J connectivity index is 2.07. The summed E-state index contributed by atoms with van der Waals surface area (Å²) in [6, 6.07) is 17.9. The van der Waals surface area contributed by atoms with Gasteiger partial charge in [0, 0.05) is 17.6 Å². The van der Waals surface area contributed by atoms with E-state index >= 15 is 0 Å². The summed E-state index contributed by atoms with van der Waals surface area (Å²) in [5, 5.41) is 3.34. The number of hydrogen-bond donors (Lipinski definition) is 1. The lowest BCUT2D eigenvalue weighted by atomic mass is 10.1. The number of sulfonamides is 1. The molecular formula is C30H36ClN3O4S. The minimum absolute atomic E-state index is 0.0767. The van der Waals surface area contributed by atoms with Gasteiger partial charge in [-0.2, -0.15) is 0 Å². The summed E-state index contributed by atoms with van der Waals surface area (Å²) in [6.07, 6.45) is 0. The van der Waals surface area contributed by atoms with Crippen molar-refractivity contribution in [2.45, 2.75) is 65.1 Å². The smallest absolute Gasteiger partial charge is 0.264 e. The van der Waals surface area contributed by atoms with Crippen LogP contribution in [0.5, 0.6) is 0 Å². The van der Waals surface area contributed by atoms with Crippen LogP contribution in [-0.2, 0) is 26.2 Å². The normalized spacial score (nSPS) is 12.2. The number of amides is 2. The molecule has 208 valence electrons. The summed E-state index contributed by atoms with van der Waals surface area (Å²) >= 11 is 6.18. The molecule has 0 fully saturated rings. The van der Waals surface area contributed by atoms with Gasteiger partial charge in [0.2, 0.25) is 11.8 Å². The van der Waals surface area contributed by atoms with Gasteiger partial charge in [-0.1, -0.05) is 59.1 Å². The molecule has 1 N–H and O–H groups in total. The van der Waals surface area contributed by atoms with Crippen molar-refractivity contribution in [3.05, 3.63) is 94.0 Å². The van der Waals surface area contributed by atoms with Crippen LogP contribution in [0.2, 0.25) is 5.02 Å². The Labute approximate surface area is 236 Å². The molecule has 0 unspecified atom stereocenters. The number of nitrogens with one attached hydrogen (secondary N) is 1. The summed E-state index contributed by atoms with van der Waals surface area (Å²) in [5.41, 5.74) is 3.72. The lowest BCUT2D eigenvalue weighted by Gasteiger charge is -2.32. The average Bonchev–Trinajstić information content (AvgIpc) is 2.85. The Hall–Kier alpha value is -3.36. The number of benzene rings is 3. The molecule has 0 radical (unpaired) electrons. The van der Waals surface area contributed by atoms with Crippen molar-refractivity contribution in [2.24, 2.45) is 0 Å². The van der Waals surface area contributed by atoms with Crippen LogP contribution in [0.15, 0.2) is 71.6 Å². The van der Waals surface area contributed by atoms with Crippen LogP contribution < -0.4 is 9.62 Å². The minimum atomic E-state index is -4.12. The fourth-order valence-corrected chi connectivity index (χ4v) is 5.95. The van der Waals surface area contributed by atoms with Crippen molar-refractivity contribution in [3.63, 3.8) is 0 Å². The molecule has 39 heavy (non-hydrogen) atoms. The predicted molar refractivity (Wildman–Crippen MR) is 156 cm³/mol. The van der Waals surface area contributed by atoms with Crippen LogP contribution >= 0.6 is 11.6 Å². The molecule has 0 saturated heterocycles. The van der Waals surface area contributed by atoms with Crippen LogP contribution in [0.25, 0.3) is 0 Å². The van der Waals surface area contributed by atoms with Crippen molar-refractivity contribution in [1.29, 1.82) is 0 Å². The van der Waals surface area contributed by atoms with Crippen molar-refractivity contribution >= 4 is 39.1 Å². The second-order valence-electron chi connectivity index (χ2n) is 10.1. The first-order chi connectivity index (χ1) is 18.3. The monoisotopic (exact) mass is 569 g/mol. The van der Waals surface area contributed by atoms with Crippen LogP contribution in [0, 0.1) is 20.8 Å². The third-order valence-corrected chi connectivity index (χ3v) is 8.36. The van der Waals surface area contributed by atoms with E-state index in [0.717, 1.165) is 21.0 Å². The van der Waals surface area contributed by atoms with E-state index in [1.165, 1.54) is 17.0 Å². The Morgan fingerprint density at radius 2 is 1.54 bits per heavy atom. The van der Waals surface area contributed by atoms with E-state index in [2.05, 4.69) is 5.32 Å². The molecule has 0 aliphatic rings. The Morgan fingerprint density at radius 3 is 2.13 bits per heavy atom. The fourth-order valence-electron chi connectivity index (χ4n) is 4.26. The zero-order valence-electron chi connectivity index (χ0n) is 23.2. The van der Waals surface area contributed by atoms with Crippen LogP contribution in [0.1, 0.15) is 43.0 Å². The molecule has 0 spiro atoms. The second kappa shape index (κ2) is 12.7. The largest absolute Gasteiger partial charge is 0.352 e. The van der Waals surface area contributed by atoms with Gasteiger partial charge in [0.1, 0.15) is 12.6 Å². The highest BCUT2D eigenvalue weighted by molar-refractivity contribution is 7.92. The standard InChI is InChI=1S/C30H36ClN3O4S/c1-20(2)32-30(36)24(6)33(18-25-8-7-9-26(31)17-25)29(35)19-34(28-15-12-22(4)16-23(28)5)39(37,38)27-13-10-21(3)11-14-27/h7-17,20,24H,18-19H2,1-6H3,(H,32,36)/t24-/m0/s1. The van der Waals surface area contributed by atoms with E-state index in [0.29, 0.717) is 16.3 Å². The first-order valence-electron chi connectivity index (χ1n) is 12.8. The second-order valence-corrected chi connectivity index (χ2v) is 12.4. The molecule has 3 aromatic carbocycles. The molecule has 0 saturated carbocycles. The van der Waals surface area contributed by atoms with Crippen LogP contribution in [0.4, 0.5) is 5.69 Å². The molecule has 0 bridgehead atoms.